The predicted octanol–water partition coefficient (Wildman–Crippen LogP) is -0.108. The summed E-state index contributed by atoms with van der Waals surface area (Å²) in [5.41, 5.74) is 0. The molecule has 0 heterocycles. The van der Waals surface area contributed by atoms with E-state index in [-0.39, 0.29) is 19.8 Å². The number of alkyl halides is 1. The Kier molecular flexibility index (Phi) is 15.4. The van der Waals surface area contributed by atoms with E-state index in [1.807, 2.05) is 0 Å². The molecule has 7 heavy (non-hydrogen) atoms. The van der Waals surface area contributed by atoms with E-state index >= 15 is 0 Å². The zero-order chi connectivity index (χ0) is 4.83. The molecule has 1 radical (unpaired) electrons. The summed E-state index contributed by atoms with van der Waals surface area (Å²) in [6.45, 7) is 4.58. The molecule has 0 fully saturated rings. The minimum atomic E-state index is 0. The van der Waals surface area contributed by atoms with Gasteiger partial charge < -0.3 is 4.74 Å². The normalized spacial score (nSPS) is 7.71. The number of rotatable bonds is 3. The summed E-state index contributed by atoms with van der Waals surface area (Å²) in [6, 6.07) is 0. The van der Waals surface area contributed by atoms with Crippen molar-refractivity contribution >= 4 is 31.4 Å². The van der Waals surface area contributed by atoms with E-state index in [0.29, 0.717) is 19.1 Å². The van der Waals surface area contributed by atoms with Crippen LogP contribution in [0.15, 0.2) is 0 Å². The van der Waals surface area contributed by atoms with Crippen molar-refractivity contribution in [1.82, 2.24) is 0 Å². The van der Waals surface area contributed by atoms with Gasteiger partial charge in [-0.2, -0.15) is 0 Å². The molecule has 0 aliphatic carbocycles. The fourth-order valence-electron chi connectivity index (χ4n) is 0.157. The fourth-order valence-corrected chi connectivity index (χ4v) is 0.266. The summed E-state index contributed by atoms with van der Waals surface area (Å²) < 4.78 is 4.74. The van der Waals surface area contributed by atoms with Gasteiger partial charge in [0.2, 0.25) is 0 Å². The Morgan fingerprint density at radius 2 is 2.14 bits per heavy atom. The third kappa shape index (κ3) is 10.9. The minimum absolute atomic E-state index is 0. The molecular formula is C4H11ClGaO. The standard InChI is InChI=1S/C4H8ClO.Ga.3H/c1-2-6-4-3-5;;;;/h1-4H2;;;;. The van der Waals surface area contributed by atoms with Crippen molar-refractivity contribution in [3.63, 3.8) is 0 Å². The average Bonchev–Trinajstić information content (AvgIpc) is 1.61. The van der Waals surface area contributed by atoms with E-state index < -0.39 is 0 Å². The molecule has 0 aliphatic rings. The van der Waals surface area contributed by atoms with Crippen molar-refractivity contribution in [2.24, 2.45) is 0 Å². The van der Waals surface area contributed by atoms with Gasteiger partial charge in [0.05, 0.1) is 6.61 Å². The van der Waals surface area contributed by atoms with Crippen LogP contribution < -0.4 is 0 Å². The van der Waals surface area contributed by atoms with Gasteiger partial charge in [-0.1, -0.05) is 0 Å². The van der Waals surface area contributed by atoms with Crippen molar-refractivity contribution in [3.8, 4) is 0 Å². The second-order valence-corrected chi connectivity index (χ2v) is 1.18. The number of halogens is 1. The molecule has 0 N–H and O–H groups in total. The van der Waals surface area contributed by atoms with Gasteiger partial charge in [0.1, 0.15) is 0 Å². The molecule has 0 unspecified atom stereocenters. The van der Waals surface area contributed by atoms with Crippen LogP contribution in [0.5, 0.6) is 0 Å². The Bertz CT molecular complexity index is 23.7. The van der Waals surface area contributed by atoms with Crippen LogP contribution in [-0.4, -0.2) is 38.9 Å². The summed E-state index contributed by atoms with van der Waals surface area (Å²) in [5, 5.41) is 0. The van der Waals surface area contributed by atoms with Gasteiger partial charge >= 0.3 is 19.8 Å². The first-order chi connectivity index (χ1) is 2.91. The van der Waals surface area contributed by atoms with Gasteiger partial charge in [-0.15, -0.1) is 11.6 Å². The summed E-state index contributed by atoms with van der Waals surface area (Å²) in [5.74, 6) is 0.565. The van der Waals surface area contributed by atoms with Crippen LogP contribution in [0, 0.1) is 6.92 Å². The quantitative estimate of drug-likeness (QED) is 0.335. The average molecular weight is 180 g/mol. The van der Waals surface area contributed by atoms with Gasteiger partial charge in [0.15, 0.2) is 0 Å². The van der Waals surface area contributed by atoms with Crippen molar-refractivity contribution in [2.75, 3.05) is 19.1 Å². The molecule has 0 aromatic rings. The Morgan fingerprint density at radius 3 is 2.29 bits per heavy atom. The monoisotopic (exact) mass is 179 g/mol. The second-order valence-electron chi connectivity index (χ2n) is 0.801. The second kappa shape index (κ2) is 9.99. The third-order valence-corrected chi connectivity index (χ3v) is 0.520. The summed E-state index contributed by atoms with van der Waals surface area (Å²) in [4.78, 5) is 0. The first-order valence-corrected chi connectivity index (χ1v) is 2.38. The van der Waals surface area contributed by atoms with E-state index in [0.717, 1.165) is 0 Å². The molecule has 0 saturated carbocycles. The molecule has 3 heteroatoms. The van der Waals surface area contributed by atoms with Gasteiger partial charge in [-0.05, 0) is 6.92 Å². The summed E-state index contributed by atoms with van der Waals surface area (Å²) >= 11 is 5.23. The fraction of sp³-hybridized carbons (Fsp3) is 0.750. The van der Waals surface area contributed by atoms with Crippen LogP contribution in [0.1, 0.15) is 0 Å². The maximum absolute atomic E-state index is 5.23. The van der Waals surface area contributed by atoms with Gasteiger partial charge in [-0.25, -0.2) is 0 Å². The molecule has 0 rings (SSSR count). The van der Waals surface area contributed by atoms with Crippen molar-refractivity contribution < 1.29 is 4.74 Å². The van der Waals surface area contributed by atoms with Crippen molar-refractivity contribution in [2.45, 2.75) is 0 Å². The first-order valence-electron chi connectivity index (χ1n) is 1.84. The number of ether oxygens (including phenoxy) is 1. The molecule has 0 bridgehead atoms. The van der Waals surface area contributed by atoms with Crippen LogP contribution in [-0.2, 0) is 4.74 Å². The summed E-state index contributed by atoms with van der Waals surface area (Å²) in [6.07, 6.45) is 0. The zero-order valence-corrected chi connectivity index (χ0v) is 4.37. The van der Waals surface area contributed by atoms with E-state index in [1.54, 1.807) is 0 Å². The molecule has 0 aromatic carbocycles. The molecule has 1 nitrogen and oxygen atoms in total. The Morgan fingerprint density at radius 1 is 1.57 bits per heavy atom. The molecule has 0 atom stereocenters. The predicted molar refractivity (Wildman–Crippen MR) is 36.8 cm³/mol. The molecule has 43 valence electrons. The molecular weight excluding hydrogens is 169 g/mol. The van der Waals surface area contributed by atoms with Gasteiger partial charge in [-0.3, -0.25) is 0 Å². The van der Waals surface area contributed by atoms with Crippen LogP contribution in [0.25, 0.3) is 0 Å². The van der Waals surface area contributed by atoms with Crippen molar-refractivity contribution in [3.05, 3.63) is 6.92 Å². The molecule has 0 saturated heterocycles. The van der Waals surface area contributed by atoms with Crippen LogP contribution >= 0.6 is 11.6 Å². The number of hydrogen-bond acceptors (Lipinski definition) is 1. The topological polar surface area (TPSA) is 9.23 Å². The number of hydrogen-bond donors (Lipinski definition) is 0. The van der Waals surface area contributed by atoms with Crippen LogP contribution in [0.2, 0.25) is 0 Å². The Hall–Kier alpha value is 0.886. The first kappa shape index (κ1) is 10.8. The van der Waals surface area contributed by atoms with E-state index in [4.69, 9.17) is 16.3 Å². The molecule has 0 aromatic heterocycles. The maximum atomic E-state index is 5.23. The summed E-state index contributed by atoms with van der Waals surface area (Å²) in [7, 11) is 0. The van der Waals surface area contributed by atoms with Crippen LogP contribution in [0.4, 0.5) is 0 Å². The van der Waals surface area contributed by atoms with E-state index in [9.17, 15) is 0 Å². The Labute approximate surface area is 62.4 Å². The molecule has 0 spiro atoms. The van der Waals surface area contributed by atoms with E-state index in [1.165, 1.54) is 0 Å². The van der Waals surface area contributed by atoms with E-state index in [2.05, 4.69) is 6.92 Å². The SMILES string of the molecule is [CH2]COCCCl.[GaH3]. The van der Waals surface area contributed by atoms with Gasteiger partial charge in [0, 0.05) is 12.5 Å². The van der Waals surface area contributed by atoms with Crippen molar-refractivity contribution in [1.29, 1.82) is 0 Å². The zero-order valence-electron chi connectivity index (χ0n) is 3.61. The van der Waals surface area contributed by atoms with Gasteiger partial charge in [0.25, 0.3) is 0 Å². The van der Waals surface area contributed by atoms with Crippen LogP contribution in [0.3, 0.4) is 0 Å². The molecule has 0 aliphatic heterocycles. The Balaban J connectivity index is 0. The molecule has 0 amide bonds. The third-order valence-electron chi connectivity index (χ3n) is 0.366.